The molecule has 0 aliphatic heterocycles. The molecule has 2 aliphatic rings. The first-order valence-corrected chi connectivity index (χ1v) is 15.6. The van der Waals surface area contributed by atoms with Crippen LogP contribution in [0.2, 0.25) is 18.1 Å². The molecule has 0 aromatic heterocycles. The third-order valence-corrected chi connectivity index (χ3v) is 13.8. The Labute approximate surface area is 185 Å². The molecule has 0 amide bonds. The van der Waals surface area contributed by atoms with Gasteiger partial charge in [0.15, 0.2) is 8.32 Å². The van der Waals surface area contributed by atoms with Crippen molar-refractivity contribution in [1.82, 2.24) is 0 Å². The van der Waals surface area contributed by atoms with Crippen molar-refractivity contribution < 1.29 is 4.43 Å². The molecule has 0 heterocycles. The maximum atomic E-state index is 7.07. The largest absolute Gasteiger partial charge is 0.414 e. The quantitative estimate of drug-likeness (QED) is 0.209. The van der Waals surface area contributed by atoms with Crippen LogP contribution in [0.15, 0.2) is 46.9 Å². The van der Waals surface area contributed by atoms with E-state index in [2.05, 4.69) is 71.0 Å². The zero-order chi connectivity index (χ0) is 20.9. The van der Waals surface area contributed by atoms with Gasteiger partial charge in [-0.25, -0.2) is 0 Å². The molecule has 3 rings (SSSR count). The number of thioether (sulfide) groups is 1. The van der Waals surface area contributed by atoms with Gasteiger partial charge in [0.1, 0.15) is 0 Å². The van der Waals surface area contributed by atoms with Crippen LogP contribution < -0.4 is 0 Å². The summed E-state index contributed by atoms with van der Waals surface area (Å²) >= 11 is 2.01. The van der Waals surface area contributed by atoms with Gasteiger partial charge in [0.25, 0.3) is 0 Å². The molecule has 1 nitrogen and oxygen atoms in total. The fraction of sp³-hybridized carbons (Fsp3) is 0.692. The lowest BCUT2D eigenvalue weighted by atomic mass is 9.63. The highest BCUT2D eigenvalue weighted by Crippen LogP contribution is 2.56. The van der Waals surface area contributed by atoms with Gasteiger partial charge in [-0.3, -0.25) is 0 Å². The fourth-order valence-corrected chi connectivity index (χ4v) is 9.96. The smallest absolute Gasteiger partial charge is 0.192 e. The van der Waals surface area contributed by atoms with Crippen molar-refractivity contribution in [2.24, 2.45) is 17.3 Å². The van der Waals surface area contributed by atoms with Crippen molar-refractivity contribution in [2.75, 3.05) is 5.75 Å². The first-order valence-electron chi connectivity index (χ1n) is 12.0. The minimum atomic E-state index is -1.53. The van der Waals surface area contributed by atoms with Gasteiger partial charge >= 0.3 is 0 Å². The normalized spacial score (nSPS) is 28.1. The molecule has 1 saturated carbocycles. The Bertz CT molecular complexity index is 660. The summed E-state index contributed by atoms with van der Waals surface area (Å²) in [5.74, 6) is 2.61. The Hall–Kier alpha value is -0.513. The molecule has 0 N–H and O–H groups in total. The summed E-state index contributed by atoms with van der Waals surface area (Å²) in [6.45, 7) is 12.1. The topological polar surface area (TPSA) is 9.23 Å². The number of hydrogen-bond acceptors (Lipinski definition) is 2. The lowest BCUT2D eigenvalue weighted by Gasteiger charge is -2.48. The molecule has 162 valence electrons. The zero-order valence-corrected chi connectivity index (χ0v) is 21.2. The Balaban J connectivity index is 1.62. The van der Waals surface area contributed by atoms with E-state index in [1.165, 1.54) is 60.9 Å². The molecule has 0 saturated heterocycles. The van der Waals surface area contributed by atoms with E-state index in [0.717, 1.165) is 0 Å². The first kappa shape index (κ1) is 23.2. The Morgan fingerprint density at radius 2 is 1.83 bits per heavy atom. The average molecular weight is 431 g/mol. The van der Waals surface area contributed by atoms with Gasteiger partial charge in [0.05, 0.1) is 0 Å². The summed E-state index contributed by atoms with van der Waals surface area (Å²) in [6.07, 6.45) is 9.62. The Morgan fingerprint density at radius 1 is 1.14 bits per heavy atom. The second kappa shape index (κ2) is 10.2. The van der Waals surface area contributed by atoms with Crippen LogP contribution in [0.1, 0.15) is 66.7 Å². The SMILES string of the molecule is CC[Si](CC)(CC)O[C@H]1CCC[C@]2(C)C([C@H](C)CCSc3ccccc3)=CC[C@@H]12. The highest BCUT2D eigenvalue weighted by Gasteiger charge is 2.50. The Morgan fingerprint density at radius 3 is 2.48 bits per heavy atom. The minimum absolute atomic E-state index is 0.370. The first-order chi connectivity index (χ1) is 14.0. The summed E-state index contributed by atoms with van der Waals surface area (Å²) in [5.41, 5.74) is 2.12. The highest BCUT2D eigenvalue weighted by molar-refractivity contribution is 7.99. The fourth-order valence-electron chi connectivity index (χ4n) is 5.98. The molecule has 0 spiro atoms. The van der Waals surface area contributed by atoms with E-state index in [1.807, 2.05) is 11.8 Å². The van der Waals surface area contributed by atoms with Crippen LogP contribution in [0, 0.1) is 17.3 Å². The summed E-state index contributed by atoms with van der Waals surface area (Å²) in [7, 11) is -1.53. The summed E-state index contributed by atoms with van der Waals surface area (Å²) < 4.78 is 7.07. The maximum absolute atomic E-state index is 7.07. The highest BCUT2D eigenvalue weighted by atomic mass is 32.2. The van der Waals surface area contributed by atoms with Crippen LogP contribution in [-0.4, -0.2) is 20.2 Å². The van der Waals surface area contributed by atoms with Gasteiger partial charge in [0, 0.05) is 11.0 Å². The molecule has 0 bridgehead atoms. The van der Waals surface area contributed by atoms with E-state index in [0.29, 0.717) is 23.4 Å². The van der Waals surface area contributed by atoms with E-state index in [4.69, 9.17) is 4.43 Å². The van der Waals surface area contributed by atoms with E-state index in [1.54, 1.807) is 5.57 Å². The zero-order valence-electron chi connectivity index (χ0n) is 19.4. The molecule has 2 aliphatic carbocycles. The predicted molar refractivity (Wildman–Crippen MR) is 131 cm³/mol. The number of benzene rings is 1. The van der Waals surface area contributed by atoms with Gasteiger partial charge in [0.2, 0.25) is 0 Å². The van der Waals surface area contributed by atoms with Gasteiger partial charge in [-0.1, -0.05) is 70.9 Å². The summed E-state index contributed by atoms with van der Waals surface area (Å²) in [5, 5.41) is 0. The third kappa shape index (κ3) is 5.05. The molecule has 1 aromatic rings. The second-order valence-corrected chi connectivity index (χ2v) is 15.5. The van der Waals surface area contributed by atoms with Crippen LogP contribution >= 0.6 is 11.8 Å². The number of rotatable bonds is 10. The van der Waals surface area contributed by atoms with E-state index in [9.17, 15) is 0 Å². The lowest BCUT2D eigenvalue weighted by Crippen LogP contribution is -2.48. The average Bonchev–Trinajstić information content (AvgIpc) is 3.11. The molecule has 4 atom stereocenters. The van der Waals surface area contributed by atoms with Crippen molar-refractivity contribution in [3.05, 3.63) is 42.0 Å². The molecule has 0 radical (unpaired) electrons. The predicted octanol–water partition coefficient (Wildman–Crippen LogP) is 8.33. The van der Waals surface area contributed by atoms with Crippen molar-refractivity contribution in [2.45, 2.75) is 95.9 Å². The number of hydrogen-bond donors (Lipinski definition) is 0. The minimum Gasteiger partial charge on any atom is -0.414 e. The van der Waals surface area contributed by atoms with Crippen LogP contribution in [0.25, 0.3) is 0 Å². The second-order valence-electron chi connectivity index (χ2n) is 9.56. The molecule has 1 aromatic carbocycles. The van der Waals surface area contributed by atoms with Crippen molar-refractivity contribution in [3.8, 4) is 0 Å². The van der Waals surface area contributed by atoms with Crippen molar-refractivity contribution in [1.29, 1.82) is 0 Å². The van der Waals surface area contributed by atoms with Crippen molar-refractivity contribution in [3.63, 3.8) is 0 Å². The summed E-state index contributed by atoms with van der Waals surface area (Å²) in [4.78, 5) is 1.40. The maximum Gasteiger partial charge on any atom is 0.192 e. The van der Waals surface area contributed by atoms with Gasteiger partial charge in [-0.15, -0.1) is 11.8 Å². The number of allylic oxidation sites excluding steroid dienone is 2. The van der Waals surface area contributed by atoms with Crippen LogP contribution in [0.3, 0.4) is 0 Å². The van der Waals surface area contributed by atoms with Gasteiger partial charge < -0.3 is 4.43 Å². The standard InChI is InChI=1S/C26H42OSSi/c1-6-29(7-2,8-3)27-25-15-12-19-26(5)23(16-17-24(25)26)21(4)18-20-28-22-13-10-9-11-14-22/h9-11,13-14,16,21,24-25H,6-8,12,15,17-20H2,1-5H3/t21-,24+,25+,26-/m1/s1. The lowest BCUT2D eigenvalue weighted by molar-refractivity contribution is 0.0176. The molecular formula is C26H42OSSi. The van der Waals surface area contributed by atoms with Crippen LogP contribution in [0.5, 0.6) is 0 Å². The number of fused-ring (bicyclic) bond motifs is 1. The molecule has 1 fully saturated rings. The van der Waals surface area contributed by atoms with Gasteiger partial charge in [-0.2, -0.15) is 0 Å². The van der Waals surface area contributed by atoms with Crippen molar-refractivity contribution >= 4 is 20.1 Å². The molecule has 29 heavy (non-hydrogen) atoms. The van der Waals surface area contributed by atoms with E-state index < -0.39 is 8.32 Å². The van der Waals surface area contributed by atoms with Crippen LogP contribution in [-0.2, 0) is 4.43 Å². The van der Waals surface area contributed by atoms with Crippen LogP contribution in [0.4, 0.5) is 0 Å². The van der Waals surface area contributed by atoms with Gasteiger partial charge in [-0.05, 0) is 79.0 Å². The third-order valence-electron chi connectivity index (χ3n) is 8.13. The van der Waals surface area contributed by atoms with E-state index in [-0.39, 0.29) is 0 Å². The summed E-state index contributed by atoms with van der Waals surface area (Å²) in [6, 6.07) is 14.7. The monoisotopic (exact) mass is 430 g/mol. The van der Waals surface area contributed by atoms with E-state index >= 15 is 0 Å². The molecular weight excluding hydrogens is 388 g/mol. The Kier molecular flexibility index (Phi) is 8.14. The molecule has 0 unspecified atom stereocenters. The molecule has 3 heteroatoms.